The lowest BCUT2D eigenvalue weighted by Gasteiger charge is -2.36. The number of aliphatic imine (C=N–C) groups is 1. The largest absolute Gasteiger partial charge is 0.373 e. The first-order chi connectivity index (χ1) is 13.3. The SMILES string of the molecule is CCCC(CNC1=NCCCCCCC1)(c1ccccc1)c1ccccc1. The molecule has 0 aromatic heterocycles. The summed E-state index contributed by atoms with van der Waals surface area (Å²) in [5, 5.41) is 3.79. The van der Waals surface area contributed by atoms with Crippen LogP contribution in [-0.2, 0) is 5.41 Å². The highest BCUT2D eigenvalue weighted by Gasteiger charge is 2.33. The summed E-state index contributed by atoms with van der Waals surface area (Å²) in [6, 6.07) is 22.0. The Labute approximate surface area is 165 Å². The van der Waals surface area contributed by atoms with Crippen molar-refractivity contribution in [2.45, 2.75) is 63.7 Å². The summed E-state index contributed by atoms with van der Waals surface area (Å²) >= 11 is 0. The number of hydrogen-bond acceptors (Lipinski definition) is 2. The van der Waals surface area contributed by atoms with Crippen LogP contribution < -0.4 is 5.32 Å². The van der Waals surface area contributed by atoms with Crippen molar-refractivity contribution < 1.29 is 0 Å². The van der Waals surface area contributed by atoms with E-state index in [2.05, 4.69) is 72.9 Å². The number of nitrogens with zero attached hydrogens (tertiary/aromatic N) is 1. The average molecular weight is 363 g/mol. The molecule has 3 rings (SSSR count). The van der Waals surface area contributed by atoms with E-state index in [1.54, 1.807) is 0 Å². The zero-order valence-electron chi connectivity index (χ0n) is 16.8. The van der Waals surface area contributed by atoms with Crippen molar-refractivity contribution in [2.24, 2.45) is 4.99 Å². The molecule has 0 fully saturated rings. The Bertz CT molecular complexity index is 651. The van der Waals surface area contributed by atoms with Crippen molar-refractivity contribution >= 4 is 5.84 Å². The van der Waals surface area contributed by atoms with Crippen LogP contribution in [0.15, 0.2) is 65.7 Å². The van der Waals surface area contributed by atoms with Crippen LogP contribution in [0.5, 0.6) is 0 Å². The summed E-state index contributed by atoms with van der Waals surface area (Å²) < 4.78 is 0. The molecule has 2 nitrogen and oxygen atoms in total. The van der Waals surface area contributed by atoms with Crippen LogP contribution in [0.4, 0.5) is 0 Å². The van der Waals surface area contributed by atoms with Gasteiger partial charge in [-0.15, -0.1) is 0 Å². The molecule has 0 bridgehead atoms. The third kappa shape index (κ3) is 5.22. The second kappa shape index (κ2) is 10.3. The lowest BCUT2D eigenvalue weighted by Crippen LogP contribution is -2.42. The maximum Gasteiger partial charge on any atom is 0.0963 e. The molecule has 1 aliphatic rings. The second-order valence-corrected chi connectivity index (χ2v) is 7.76. The van der Waals surface area contributed by atoms with E-state index in [1.165, 1.54) is 49.1 Å². The van der Waals surface area contributed by atoms with Gasteiger partial charge in [0.1, 0.15) is 0 Å². The highest BCUT2D eigenvalue weighted by Crippen LogP contribution is 2.36. The molecule has 2 heteroatoms. The maximum absolute atomic E-state index is 4.90. The third-order valence-corrected chi connectivity index (χ3v) is 5.80. The molecule has 0 aliphatic carbocycles. The Morgan fingerprint density at radius 2 is 1.41 bits per heavy atom. The quantitative estimate of drug-likeness (QED) is 0.658. The fourth-order valence-corrected chi connectivity index (χ4v) is 4.31. The molecule has 144 valence electrons. The fraction of sp³-hybridized carbons (Fsp3) is 0.480. The summed E-state index contributed by atoms with van der Waals surface area (Å²) in [5.74, 6) is 1.21. The Morgan fingerprint density at radius 3 is 2.04 bits per heavy atom. The molecular weight excluding hydrogens is 328 g/mol. The average Bonchev–Trinajstić information content (AvgIpc) is 2.86. The minimum absolute atomic E-state index is 0.0157. The predicted molar refractivity (Wildman–Crippen MR) is 117 cm³/mol. The zero-order valence-corrected chi connectivity index (χ0v) is 16.8. The second-order valence-electron chi connectivity index (χ2n) is 7.76. The van der Waals surface area contributed by atoms with E-state index in [4.69, 9.17) is 4.99 Å². The third-order valence-electron chi connectivity index (χ3n) is 5.80. The van der Waals surface area contributed by atoms with E-state index >= 15 is 0 Å². The number of benzene rings is 2. The molecule has 1 heterocycles. The zero-order chi connectivity index (χ0) is 18.8. The standard InChI is InChI=1S/C25H34N2/c1-2-19-25(22-14-8-6-9-15-22,23-16-10-7-11-17-23)21-27-24-18-12-4-3-5-13-20-26-24/h6-11,14-17H,2-5,12-13,18-21H2,1H3,(H,26,27). The highest BCUT2D eigenvalue weighted by atomic mass is 15.0. The molecule has 2 aromatic rings. The smallest absolute Gasteiger partial charge is 0.0963 e. The van der Waals surface area contributed by atoms with Crippen LogP contribution in [0.1, 0.15) is 69.4 Å². The Kier molecular flexibility index (Phi) is 7.50. The molecule has 27 heavy (non-hydrogen) atoms. The van der Waals surface area contributed by atoms with Gasteiger partial charge in [-0.05, 0) is 30.4 Å². The Hall–Kier alpha value is -2.09. The summed E-state index contributed by atoms with van der Waals surface area (Å²) in [4.78, 5) is 4.90. The van der Waals surface area contributed by atoms with Crippen molar-refractivity contribution in [1.29, 1.82) is 0 Å². The number of hydrogen-bond donors (Lipinski definition) is 1. The van der Waals surface area contributed by atoms with Gasteiger partial charge in [-0.2, -0.15) is 0 Å². The number of nitrogens with one attached hydrogen (secondary N) is 1. The lowest BCUT2D eigenvalue weighted by molar-refractivity contribution is 0.456. The first-order valence-corrected chi connectivity index (χ1v) is 10.7. The Balaban J connectivity index is 1.89. The van der Waals surface area contributed by atoms with Crippen molar-refractivity contribution in [2.75, 3.05) is 13.1 Å². The van der Waals surface area contributed by atoms with Gasteiger partial charge in [0.2, 0.25) is 0 Å². The van der Waals surface area contributed by atoms with E-state index < -0.39 is 0 Å². The van der Waals surface area contributed by atoms with E-state index in [0.29, 0.717) is 0 Å². The van der Waals surface area contributed by atoms with Gasteiger partial charge in [0.05, 0.1) is 5.84 Å². The molecule has 0 saturated carbocycles. The van der Waals surface area contributed by atoms with Gasteiger partial charge in [-0.25, -0.2) is 0 Å². The molecule has 0 amide bonds. The predicted octanol–water partition coefficient (Wildman–Crippen LogP) is 6.12. The topological polar surface area (TPSA) is 24.4 Å². The van der Waals surface area contributed by atoms with Gasteiger partial charge >= 0.3 is 0 Å². The van der Waals surface area contributed by atoms with Crippen molar-refractivity contribution in [1.82, 2.24) is 5.32 Å². The van der Waals surface area contributed by atoms with Gasteiger partial charge < -0.3 is 5.32 Å². The van der Waals surface area contributed by atoms with Crippen LogP contribution in [0.3, 0.4) is 0 Å². The molecule has 0 atom stereocenters. The van der Waals surface area contributed by atoms with Gasteiger partial charge in [-0.1, -0.05) is 93.3 Å². The van der Waals surface area contributed by atoms with Crippen LogP contribution >= 0.6 is 0 Å². The number of rotatable bonds is 6. The summed E-state index contributed by atoms with van der Waals surface area (Å²) in [5.41, 5.74) is 2.78. The van der Waals surface area contributed by atoms with Crippen LogP contribution in [-0.4, -0.2) is 18.9 Å². The van der Waals surface area contributed by atoms with Crippen LogP contribution in [0.2, 0.25) is 0 Å². The summed E-state index contributed by atoms with van der Waals surface area (Å²) in [7, 11) is 0. The minimum atomic E-state index is -0.0157. The molecule has 0 unspecified atom stereocenters. The maximum atomic E-state index is 4.90. The van der Waals surface area contributed by atoms with Crippen molar-refractivity contribution in [3.8, 4) is 0 Å². The minimum Gasteiger partial charge on any atom is -0.373 e. The first kappa shape index (κ1) is 19.7. The molecule has 1 N–H and O–H groups in total. The van der Waals surface area contributed by atoms with Crippen LogP contribution in [0.25, 0.3) is 0 Å². The molecular formula is C25H34N2. The number of amidine groups is 1. The molecule has 0 spiro atoms. The van der Waals surface area contributed by atoms with Gasteiger partial charge in [0, 0.05) is 24.9 Å². The molecule has 0 radical (unpaired) electrons. The molecule has 2 aromatic carbocycles. The van der Waals surface area contributed by atoms with Crippen LogP contribution in [0, 0.1) is 0 Å². The summed E-state index contributed by atoms with van der Waals surface area (Å²) in [6.07, 6.45) is 9.86. The highest BCUT2D eigenvalue weighted by molar-refractivity contribution is 5.82. The van der Waals surface area contributed by atoms with E-state index in [-0.39, 0.29) is 5.41 Å². The molecule has 1 aliphatic heterocycles. The first-order valence-electron chi connectivity index (χ1n) is 10.7. The lowest BCUT2D eigenvalue weighted by atomic mass is 9.71. The monoisotopic (exact) mass is 362 g/mol. The van der Waals surface area contributed by atoms with Gasteiger partial charge in [0.15, 0.2) is 0 Å². The van der Waals surface area contributed by atoms with Gasteiger partial charge in [-0.3, -0.25) is 4.99 Å². The van der Waals surface area contributed by atoms with E-state index in [9.17, 15) is 0 Å². The van der Waals surface area contributed by atoms with E-state index in [0.717, 1.165) is 32.4 Å². The van der Waals surface area contributed by atoms with Gasteiger partial charge in [0.25, 0.3) is 0 Å². The summed E-state index contributed by atoms with van der Waals surface area (Å²) in [6.45, 7) is 4.17. The Morgan fingerprint density at radius 1 is 0.815 bits per heavy atom. The fourth-order valence-electron chi connectivity index (χ4n) is 4.31. The molecule has 0 saturated heterocycles. The van der Waals surface area contributed by atoms with E-state index in [1.807, 2.05) is 0 Å². The van der Waals surface area contributed by atoms with Crippen molar-refractivity contribution in [3.63, 3.8) is 0 Å². The van der Waals surface area contributed by atoms with Crippen molar-refractivity contribution in [3.05, 3.63) is 71.8 Å². The normalized spacial score (nSPS) is 16.0.